The summed E-state index contributed by atoms with van der Waals surface area (Å²) in [7, 11) is 0. The van der Waals surface area contributed by atoms with Gasteiger partial charge in [0.25, 0.3) is 0 Å². The van der Waals surface area contributed by atoms with Crippen molar-refractivity contribution in [1.29, 1.82) is 0 Å². The van der Waals surface area contributed by atoms with Gasteiger partial charge in [0.15, 0.2) is 5.82 Å². The van der Waals surface area contributed by atoms with E-state index in [1.165, 1.54) is 0 Å². The summed E-state index contributed by atoms with van der Waals surface area (Å²) in [6, 6.07) is 9.70. The molecule has 3 rings (SSSR count). The molecule has 1 unspecified atom stereocenters. The third-order valence-electron chi connectivity index (χ3n) is 3.57. The highest BCUT2D eigenvalue weighted by Gasteiger charge is 2.27. The van der Waals surface area contributed by atoms with Crippen LogP contribution in [0, 0.1) is 5.92 Å². The Kier molecular flexibility index (Phi) is 5.51. The third-order valence-corrected chi connectivity index (χ3v) is 3.57. The molecule has 0 spiro atoms. The summed E-state index contributed by atoms with van der Waals surface area (Å²) >= 11 is 0. The summed E-state index contributed by atoms with van der Waals surface area (Å²) in [4.78, 5) is 16.2. The van der Waals surface area contributed by atoms with Gasteiger partial charge >= 0.3 is 0 Å². The van der Waals surface area contributed by atoms with Crippen molar-refractivity contribution in [1.82, 2.24) is 20.8 Å². The van der Waals surface area contributed by atoms with Crippen molar-refractivity contribution in [2.75, 3.05) is 13.1 Å². The van der Waals surface area contributed by atoms with Crippen LogP contribution in [0.2, 0.25) is 0 Å². The maximum absolute atomic E-state index is 11.9. The van der Waals surface area contributed by atoms with Gasteiger partial charge < -0.3 is 15.2 Å². The summed E-state index contributed by atoms with van der Waals surface area (Å²) < 4.78 is 5.24. The fourth-order valence-electron chi connectivity index (χ4n) is 2.16. The predicted molar refractivity (Wildman–Crippen MR) is 83.7 cm³/mol. The van der Waals surface area contributed by atoms with Crippen LogP contribution >= 0.6 is 12.4 Å². The van der Waals surface area contributed by atoms with Crippen molar-refractivity contribution in [2.24, 2.45) is 5.92 Å². The molecule has 1 saturated heterocycles. The van der Waals surface area contributed by atoms with Gasteiger partial charge in [-0.25, -0.2) is 0 Å². The smallest absolute Gasteiger partial charge is 0.248 e. The number of hydrogen-bond donors (Lipinski definition) is 2. The molecule has 2 heterocycles. The lowest BCUT2D eigenvalue weighted by atomic mass is 10.0. The van der Waals surface area contributed by atoms with E-state index in [0.29, 0.717) is 18.1 Å². The lowest BCUT2D eigenvalue weighted by Crippen LogP contribution is -2.51. The molecule has 2 N–H and O–H groups in total. The number of carbonyl (C=O) groups excluding carboxylic acids is 1. The lowest BCUT2D eigenvalue weighted by molar-refractivity contribution is -0.127. The second-order valence-electron chi connectivity index (χ2n) is 5.30. The highest BCUT2D eigenvalue weighted by molar-refractivity contribution is 5.85. The highest BCUT2D eigenvalue weighted by atomic mass is 35.5. The minimum absolute atomic E-state index is 0. The molecule has 1 aromatic carbocycles. The number of aromatic nitrogens is 2. The molecule has 1 amide bonds. The molecule has 1 fully saturated rings. The van der Waals surface area contributed by atoms with Gasteiger partial charge in [-0.05, 0) is 12.5 Å². The highest BCUT2D eigenvalue weighted by Crippen LogP contribution is 2.13. The maximum atomic E-state index is 11.9. The van der Waals surface area contributed by atoms with Gasteiger partial charge in [-0.1, -0.05) is 35.5 Å². The lowest BCUT2D eigenvalue weighted by Gasteiger charge is -2.26. The van der Waals surface area contributed by atoms with Crippen LogP contribution in [-0.2, 0) is 11.2 Å². The topological polar surface area (TPSA) is 80.0 Å². The SMILES string of the molecule is CC(NC(=O)C1CNC1)c1nc(Cc2ccccc2)no1.Cl. The molecule has 0 aliphatic carbocycles. The number of amides is 1. The molecule has 2 aromatic rings. The maximum Gasteiger partial charge on any atom is 0.248 e. The standard InChI is InChI=1S/C15H18N4O2.ClH/c1-10(17-14(20)12-8-16-9-12)15-18-13(19-21-15)7-11-5-3-2-4-6-11;/h2-6,10,12,16H,7-9H2,1H3,(H,17,20);1H. The van der Waals surface area contributed by atoms with E-state index in [9.17, 15) is 4.79 Å². The Labute approximate surface area is 135 Å². The predicted octanol–water partition coefficient (Wildman–Crippen LogP) is 1.48. The molecule has 1 aliphatic rings. The van der Waals surface area contributed by atoms with Gasteiger partial charge in [-0.15, -0.1) is 12.4 Å². The Hall–Kier alpha value is -1.92. The van der Waals surface area contributed by atoms with Gasteiger partial charge in [0.05, 0.1) is 5.92 Å². The molecule has 1 aromatic heterocycles. The number of rotatable bonds is 5. The number of halogens is 1. The first-order valence-electron chi connectivity index (χ1n) is 7.10. The molecular weight excluding hydrogens is 304 g/mol. The first kappa shape index (κ1) is 16.5. The molecule has 0 radical (unpaired) electrons. The molecule has 22 heavy (non-hydrogen) atoms. The van der Waals surface area contributed by atoms with E-state index in [1.807, 2.05) is 37.3 Å². The number of hydrogen-bond acceptors (Lipinski definition) is 5. The second-order valence-corrected chi connectivity index (χ2v) is 5.30. The van der Waals surface area contributed by atoms with E-state index in [1.54, 1.807) is 0 Å². The van der Waals surface area contributed by atoms with Gasteiger partial charge in [0.2, 0.25) is 11.8 Å². The average Bonchev–Trinajstić information content (AvgIpc) is 2.86. The summed E-state index contributed by atoms with van der Waals surface area (Å²) in [5.41, 5.74) is 1.13. The van der Waals surface area contributed by atoms with Crippen molar-refractivity contribution in [3.63, 3.8) is 0 Å². The first-order valence-corrected chi connectivity index (χ1v) is 7.10. The number of nitrogens with zero attached hydrogens (tertiary/aromatic N) is 2. The minimum atomic E-state index is -0.268. The molecule has 118 valence electrons. The van der Waals surface area contributed by atoms with E-state index >= 15 is 0 Å². The molecule has 1 aliphatic heterocycles. The Balaban J connectivity index is 0.00000176. The average molecular weight is 323 g/mol. The van der Waals surface area contributed by atoms with Crippen molar-refractivity contribution >= 4 is 18.3 Å². The first-order chi connectivity index (χ1) is 10.2. The van der Waals surface area contributed by atoms with Crippen LogP contribution in [0.5, 0.6) is 0 Å². The third kappa shape index (κ3) is 3.84. The molecule has 7 heteroatoms. The van der Waals surface area contributed by atoms with Crippen molar-refractivity contribution < 1.29 is 9.32 Å². The Morgan fingerprint density at radius 3 is 2.77 bits per heavy atom. The zero-order chi connectivity index (χ0) is 14.7. The number of nitrogens with one attached hydrogen (secondary N) is 2. The van der Waals surface area contributed by atoms with Crippen molar-refractivity contribution in [3.8, 4) is 0 Å². The summed E-state index contributed by atoms with van der Waals surface area (Å²) in [6.07, 6.45) is 0.623. The molecule has 0 bridgehead atoms. The Morgan fingerprint density at radius 2 is 2.14 bits per heavy atom. The summed E-state index contributed by atoms with van der Waals surface area (Å²) in [5, 5.41) is 9.94. The Morgan fingerprint density at radius 1 is 1.41 bits per heavy atom. The fourth-order valence-corrected chi connectivity index (χ4v) is 2.16. The van der Waals surface area contributed by atoms with Crippen LogP contribution < -0.4 is 10.6 Å². The fraction of sp³-hybridized carbons (Fsp3) is 0.400. The monoisotopic (exact) mass is 322 g/mol. The van der Waals surface area contributed by atoms with Gasteiger partial charge in [0, 0.05) is 19.5 Å². The van der Waals surface area contributed by atoms with Crippen LogP contribution in [-0.4, -0.2) is 29.1 Å². The largest absolute Gasteiger partial charge is 0.344 e. The van der Waals surface area contributed by atoms with Crippen LogP contribution in [0.25, 0.3) is 0 Å². The molecule has 1 atom stereocenters. The molecular formula is C15H19ClN4O2. The zero-order valence-electron chi connectivity index (χ0n) is 12.3. The minimum Gasteiger partial charge on any atom is -0.344 e. The van der Waals surface area contributed by atoms with E-state index in [2.05, 4.69) is 20.8 Å². The van der Waals surface area contributed by atoms with Crippen LogP contribution in [0.3, 0.4) is 0 Å². The summed E-state index contributed by atoms with van der Waals surface area (Å²) in [5.74, 6) is 1.16. The second kappa shape index (κ2) is 7.38. The molecule has 0 saturated carbocycles. The zero-order valence-corrected chi connectivity index (χ0v) is 13.1. The van der Waals surface area contributed by atoms with Gasteiger partial charge in [0.1, 0.15) is 6.04 Å². The van der Waals surface area contributed by atoms with E-state index < -0.39 is 0 Å². The van der Waals surface area contributed by atoms with Crippen LogP contribution in [0.15, 0.2) is 34.9 Å². The normalized spacial score (nSPS) is 15.5. The van der Waals surface area contributed by atoms with E-state index in [0.717, 1.165) is 18.7 Å². The van der Waals surface area contributed by atoms with Crippen LogP contribution in [0.1, 0.15) is 30.2 Å². The summed E-state index contributed by atoms with van der Waals surface area (Å²) in [6.45, 7) is 3.33. The van der Waals surface area contributed by atoms with Crippen LogP contribution in [0.4, 0.5) is 0 Å². The van der Waals surface area contributed by atoms with E-state index in [-0.39, 0.29) is 30.3 Å². The number of benzene rings is 1. The van der Waals surface area contributed by atoms with Gasteiger partial charge in [-0.3, -0.25) is 4.79 Å². The Bertz CT molecular complexity index is 613. The quantitative estimate of drug-likeness (QED) is 0.871. The van der Waals surface area contributed by atoms with Crippen molar-refractivity contribution in [3.05, 3.63) is 47.6 Å². The van der Waals surface area contributed by atoms with E-state index in [4.69, 9.17) is 4.52 Å². The molecule has 6 nitrogen and oxygen atoms in total. The van der Waals surface area contributed by atoms with Crippen molar-refractivity contribution in [2.45, 2.75) is 19.4 Å². The van der Waals surface area contributed by atoms with Gasteiger partial charge in [-0.2, -0.15) is 4.98 Å². The number of carbonyl (C=O) groups is 1.